The van der Waals surface area contributed by atoms with Crippen molar-refractivity contribution in [3.63, 3.8) is 0 Å². The van der Waals surface area contributed by atoms with Gasteiger partial charge in [0.2, 0.25) is 5.91 Å². The maximum Gasteiger partial charge on any atom is 0.250 e. The molecule has 0 aliphatic rings. The molecule has 0 spiro atoms. The highest BCUT2D eigenvalue weighted by molar-refractivity contribution is 7.80. The molecule has 6 nitrogen and oxygen atoms in total. The number of furan rings is 1. The molecule has 10 heteroatoms. The van der Waals surface area contributed by atoms with E-state index in [-0.39, 0.29) is 10.9 Å². The predicted molar refractivity (Wildman–Crippen MR) is 154 cm³/mol. The lowest BCUT2D eigenvalue weighted by atomic mass is 10.2. The van der Waals surface area contributed by atoms with Gasteiger partial charge in [-0.05, 0) is 72.9 Å². The van der Waals surface area contributed by atoms with Crippen LogP contribution in [0.5, 0.6) is 5.75 Å². The van der Waals surface area contributed by atoms with E-state index in [1.807, 2.05) is 24.3 Å². The van der Waals surface area contributed by atoms with E-state index in [4.69, 9.17) is 39.8 Å². The van der Waals surface area contributed by atoms with Crippen LogP contribution in [0.3, 0.4) is 0 Å². The summed E-state index contributed by atoms with van der Waals surface area (Å²) in [7, 11) is 0. The van der Waals surface area contributed by atoms with Gasteiger partial charge < -0.3 is 14.8 Å². The van der Waals surface area contributed by atoms with E-state index in [2.05, 4.69) is 15.6 Å². The number of nitrogens with zero attached hydrogens (tertiary/aromatic N) is 1. The van der Waals surface area contributed by atoms with Gasteiger partial charge >= 0.3 is 0 Å². The zero-order chi connectivity index (χ0) is 25.9. The Morgan fingerprint density at radius 2 is 1.84 bits per heavy atom. The first-order chi connectivity index (χ1) is 17.9. The summed E-state index contributed by atoms with van der Waals surface area (Å²) in [5.74, 6) is 0.612. The number of thiazole rings is 1. The van der Waals surface area contributed by atoms with Crippen molar-refractivity contribution in [2.24, 2.45) is 0 Å². The Hall–Kier alpha value is -3.69. The second kappa shape index (κ2) is 10.7. The number of aromatic hydroxyl groups is 1. The molecule has 1 amide bonds. The number of para-hydroxylation sites is 1. The maximum atomic E-state index is 12.3. The number of phenols is 1. The lowest BCUT2D eigenvalue weighted by molar-refractivity contribution is -0.115. The van der Waals surface area contributed by atoms with E-state index in [1.165, 1.54) is 29.6 Å². The fourth-order valence-electron chi connectivity index (χ4n) is 3.53. The van der Waals surface area contributed by atoms with Gasteiger partial charge in [0.15, 0.2) is 5.11 Å². The molecule has 0 fully saturated rings. The van der Waals surface area contributed by atoms with Crippen LogP contribution in [0.4, 0.5) is 5.69 Å². The molecule has 0 aliphatic carbocycles. The minimum absolute atomic E-state index is 0.0486. The van der Waals surface area contributed by atoms with Crippen molar-refractivity contribution in [2.45, 2.75) is 0 Å². The van der Waals surface area contributed by atoms with E-state index in [1.54, 1.807) is 42.5 Å². The first-order valence-corrected chi connectivity index (χ1v) is 12.9. The fraction of sp³-hybridized carbons (Fsp3) is 0. The molecule has 0 aliphatic heterocycles. The third-order valence-electron chi connectivity index (χ3n) is 5.24. The molecule has 5 aromatic rings. The van der Waals surface area contributed by atoms with Gasteiger partial charge in [0, 0.05) is 28.4 Å². The third-order valence-corrected chi connectivity index (χ3v) is 7.06. The van der Waals surface area contributed by atoms with Gasteiger partial charge in [0.05, 0.1) is 20.8 Å². The monoisotopic (exact) mass is 565 g/mol. The van der Waals surface area contributed by atoms with Crippen LogP contribution in [0.2, 0.25) is 10.0 Å². The number of hydrogen-bond donors (Lipinski definition) is 3. The number of aromatic nitrogens is 1. The first-order valence-electron chi connectivity index (χ1n) is 10.9. The Morgan fingerprint density at radius 3 is 2.62 bits per heavy atom. The number of fused-ring (bicyclic) bond motifs is 1. The summed E-state index contributed by atoms with van der Waals surface area (Å²) in [6.45, 7) is 0. The molecular weight excluding hydrogens is 549 g/mol. The molecule has 2 aromatic heterocycles. The molecule has 0 unspecified atom stereocenters. The molecule has 2 heterocycles. The number of nitrogens with one attached hydrogen (secondary N) is 2. The lowest BCUT2D eigenvalue weighted by Crippen LogP contribution is -2.32. The average molecular weight is 566 g/mol. The number of benzene rings is 3. The van der Waals surface area contributed by atoms with E-state index < -0.39 is 5.91 Å². The largest absolute Gasteiger partial charge is 0.507 e. The Balaban J connectivity index is 1.20. The van der Waals surface area contributed by atoms with Gasteiger partial charge in [-0.1, -0.05) is 35.3 Å². The minimum Gasteiger partial charge on any atom is -0.507 e. The van der Waals surface area contributed by atoms with Crippen molar-refractivity contribution in [1.29, 1.82) is 0 Å². The molecule has 0 radical (unpaired) electrons. The Labute approximate surface area is 231 Å². The van der Waals surface area contributed by atoms with Gasteiger partial charge in [0.1, 0.15) is 22.3 Å². The Kier molecular flexibility index (Phi) is 7.25. The minimum atomic E-state index is -0.449. The second-order valence-electron chi connectivity index (χ2n) is 7.82. The molecule has 3 aromatic carbocycles. The van der Waals surface area contributed by atoms with Crippen LogP contribution < -0.4 is 10.6 Å². The summed E-state index contributed by atoms with van der Waals surface area (Å²) in [6.07, 6.45) is 2.82. The normalized spacial score (nSPS) is 11.2. The third kappa shape index (κ3) is 5.84. The van der Waals surface area contributed by atoms with Crippen LogP contribution in [0.25, 0.3) is 38.2 Å². The second-order valence-corrected chi connectivity index (χ2v) is 10.1. The summed E-state index contributed by atoms with van der Waals surface area (Å²) in [5, 5.41) is 17.8. The van der Waals surface area contributed by atoms with Crippen LogP contribution >= 0.6 is 46.8 Å². The number of amides is 1. The summed E-state index contributed by atoms with van der Waals surface area (Å²) < 4.78 is 6.78. The number of hydrogen-bond acceptors (Lipinski definition) is 6. The van der Waals surface area contributed by atoms with Crippen LogP contribution in [-0.2, 0) is 4.79 Å². The van der Waals surface area contributed by atoms with Crippen molar-refractivity contribution in [2.75, 3.05) is 5.32 Å². The molecule has 3 N–H and O–H groups in total. The van der Waals surface area contributed by atoms with Gasteiger partial charge in [-0.3, -0.25) is 10.1 Å². The lowest BCUT2D eigenvalue weighted by Gasteiger charge is -2.10. The van der Waals surface area contributed by atoms with Crippen LogP contribution in [0.1, 0.15) is 5.76 Å². The van der Waals surface area contributed by atoms with Crippen molar-refractivity contribution in [3.8, 4) is 27.6 Å². The van der Waals surface area contributed by atoms with Gasteiger partial charge in [-0.15, -0.1) is 11.3 Å². The van der Waals surface area contributed by atoms with Crippen molar-refractivity contribution in [3.05, 3.63) is 94.7 Å². The first kappa shape index (κ1) is 25.0. The highest BCUT2D eigenvalue weighted by Crippen LogP contribution is 2.36. The maximum absolute atomic E-state index is 12.3. The standard InChI is InChI=1S/C27H17Cl2N3O3S2/c28-15-5-9-18(20(29)13-15)23-11-7-17(35-23)8-12-25(34)32-27(36)30-16-6-10-19(22(33)14-16)26-31-21-3-1-2-4-24(21)37-26/h1-14,33H,(H2,30,32,34,36)/b12-8+. The summed E-state index contributed by atoms with van der Waals surface area (Å²) in [5.41, 5.74) is 2.70. The fourth-order valence-corrected chi connectivity index (χ4v) is 5.25. The molecular formula is C27H17Cl2N3O3S2. The number of halogens is 2. The van der Waals surface area contributed by atoms with E-state index in [0.29, 0.717) is 43.4 Å². The van der Waals surface area contributed by atoms with Crippen LogP contribution in [-0.4, -0.2) is 21.1 Å². The molecule has 37 heavy (non-hydrogen) atoms. The van der Waals surface area contributed by atoms with Crippen LogP contribution in [0, 0.1) is 0 Å². The number of carbonyl (C=O) groups is 1. The van der Waals surface area contributed by atoms with Gasteiger partial charge in [0.25, 0.3) is 0 Å². The molecule has 5 rings (SSSR count). The topological polar surface area (TPSA) is 87.4 Å². The summed E-state index contributed by atoms with van der Waals surface area (Å²) in [4.78, 5) is 16.9. The van der Waals surface area contributed by atoms with Gasteiger partial charge in [-0.2, -0.15) is 0 Å². The average Bonchev–Trinajstić information content (AvgIpc) is 3.50. The smallest absolute Gasteiger partial charge is 0.250 e. The number of phenolic OH excluding ortho intramolecular Hbond substituents is 1. The Bertz CT molecular complexity index is 1640. The highest BCUT2D eigenvalue weighted by atomic mass is 35.5. The van der Waals surface area contributed by atoms with Crippen molar-refractivity contribution < 1.29 is 14.3 Å². The summed E-state index contributed by atoms with van der Waals surface area (Å²) in [6, 6.07) is 21.4. The highest BCUT2D eigenvalue weighted by Gasteiger charge is 2.12. The van der Waals surface area contributed by atoms with Gasteiger partial charge in [-0.25, -0.2) is 4.98 Å². The van der Waals surface area contributed by atoms with Crippen LogP contribution in [0.15, 0.2) is 83.3 Å². The number of rotatable bonds is 5. The summed E-state index contributed by atoms with van der Waals surface area (Å²) >= 11 is 18.9. The SMILES string of the molecule is O=C(/C=C/c1ccc(-c2ccc(Cl)cc2Cl)o1)NC(=S)Nc1ccc(-c2nc3ccccc3s2)c(O)c1. The Morgan fingerprint density at radius 1 is 1.03 bits per heavy atom. The molecule has 0 saturated heterocycles. The zero-order valence-corrected chi connectivity index (χ0v) is 22.0. The number of carbonyl (C=O) groups excluding carboxylic acids is 1. The molecule has 184 valence electrons. The molecule has 0 bridgehead atoms. The molecule has 0 saturated carbocycles. The zero-order valence-electron chi connectivity index (χ0n) is 18.9. The predicted octanol–water partition coefficient (Wildman–Crippen LogP) is 7.76. The van der Waals surface area contributed by atoms with Crippen molar-refractivity contribution in [1.82, 2.24) is 10.3 Å². The number of thiocarbonyl (C=S) groups is 1. The quantitative estimate of drug-likeness (QED) is 0.149. The molecule has 0 atom stereocenters. The van der Waals surface area contributed by atoms with E-state index in [0.717, 1.165) is 10.2 Å². The number of anilines is 1. The van der Waals surface area contributed by atoms with E-state index in [9.17, 15) is 9.90 Å². The van der Waals surface area contributed by atoms with Crippen molar-refractivity contribution >= 4 is 79.8 Å². The van der Waals surface area contributed by atoms with E-state index >= 15 is 0 Å².